The molecule has 0 unspecified atom stereocenters. The van der Waals surface area contributed by atoms with Gasteiger partial charge in [0.1, 0.15) is 17.2 Å². The molecule has 5 heteroatoms. The zero-order valence-corrected chi connectivity index (χ0v) is 14.3. The summed E-state index contributed by atoms with van der Waals surface area (Å²) >= 11 is 0. The van der Waals surface area contributed by atoms with Gasteiger partial charge in [0.05, 0.1) is 26.4 Å². The van der Waals surface area contributed by atoms with Crippen LogP contribution in [-0.2, 0) is 0 Å². The van der Waals surface area contributed by atoms with Gasteiger partial charge in [-0.3, -0.25) is 4.79 Å². The highest BCUT2D eigenvalue weighted by Gasteiger charge is 2.13. The van der Waals surface area contributed by atoms with Gasteiger partial charge in [0, 0.05) is 17.8 Å². The van der Waals surface area contributed by atoms with E-state index in [4.69, 9.17) is 14.2 Å². The van der Waals surface area contributed by atoms with Crippen molar-refractivity contribution in [2.75, 3.05) is 26.1 Å². The Morgan fingerprint density at radius 1 is 1.04 bits per heavy atom. The zero-order valence-electron chi connectivity index (χ0n) is 14.3. The third-order valence-corrected chi connectivity index (χ3v) is 3.51. The molecule has 24 heavy (non-hydrogen) atoms. The van der Waals surface area contributed by atoms with Gasteiger partial charge in [-0.05, 0) is 30.7 Å². The lowest BCUT2D eigenvalue weighted by atomic mass is 10.1. The summed E-state index contributed by atoms with van der Waals surface area (Å²) in [6.07, 6.45) is 2.08. The van der Waals surface area contributed by atoms with Crippen LogP contribution in [0.5, 0.6) is 17.2 Å². The molecular weight excluding hydrogens is 306 g/mol. The molecule has 0 saturated carbocycles. The van der Waals surface area contributed by atoms with E-state index in [1.165, 1.54) is 7.11 Å². The first-order chi connectivity index (χ1) is 11.7. The first-order valence-electron chi connectivity index (χ1n) is 7.94. The van der Waals surface area contributed by atoms with Crippen LogP contribution in [0.4, 0.5) is 5.69 Å². The van der Waals surface area contributed by atoms with E-state index in [1.54, 1.807) is 25.3 Å². The average Bonchev–Trinajstić information content (AvgIpc) is 2.61. The van der Waals surface area contributed by atoms with E-state index in [0.717, 1.165) is 18.6 Å². The van der Waals surface area contributed by atoms with E-state index in [1.807, 2.05) is 24.3 Å². The second-order valence-electron chi connectivity index (χ2n) is 5.25. The number of hydrogen-bond acceptors (Lipinski definition) is 4. The molecule has 0 radical (unpaired) electrons. The van der Waals surface area contributed by atoms with E-state index < -0.39 is 0 Å². The maximum atomic E-state index is 12.5. The summed E-state index contributed by atoms with van der Waals surface area (Å²) < 4.78 is 16.1. The first kappa shape index (κ1) is 17.7. The molecule has 128 valence electrons. The Kier molecular flexibility index (Phi) is 6.49. The summed E-state index contributed by atoms with van der Waals surface area (Å²) in [5.41, 5.74) is 1.11. The zero-order chi connectivity index (χ0) is 17.4. The van der Waals surface area contributed by atoms with Gasteiger partial charge >= 0.3 is 0 Å². The molecule has 0 bridgehead atoms. The lowest BCUT2D eigenvalue weighted by Gasteiger charge is -2.12. The largest absolute Gasteiger partial charge is 0.497 e. The summed E-state index contributed by atoms with van der Waals surface area (Å²) in [6.45, 7) is 2.78. The smallest absolute Gasteiger partial charge is 0.259 e. The quantitative estimate of drug-likeness (QED) is 0.740. The van der Waals surface area contributed by atoms with Crippen molar-refractivity contribution in [3.8, 4) is 17.2 Å². The van der Waals surface area contributed by atoms with Crippen LogP contribution >= 0.6 is 0 Å². The monoisotopic (exact) mass is 329 g/mol. The maximum absolute atomic E-state index is 12.5. The molecule has 0 saturated heterocycles. The van der Waals surface area contributed by atoms with Gasteiger partial charge in [-0.25, -0.2) is 0 Å². The summed E-state index contributed by atoms with van der Waals surface area (Å²) in [5.74, 6) is 1.58. The van der Waals surface area contributed by atoms with Crippen molar-refractivity contribution in [1.82, 2.24) is 0 Å². The van der Waals surface area contributed by atoms with Crippen LogP contribution in [-0.4, -0.2) is 26.7 Å². The normalized spacial score (nSPS) is 10.1. The predicted molar refractivity (Wildman–Crippen MR) is 94.3 cm³/mol. The maximum Gasteiger partial charge on any atom is 0.259 e. The molecular formula is C19H23NO4. The second-order valence-corrected chi connectivity index (χ2v) is 5.25. The molecule has 1 N–H and O–H groups in total. The van der Waals surface area contributed by atoms with Crippen LogP contribution < -0.4 is 19.5 Å². The van der Waals surface area contributed by atoms with Gasteiger partial charge in [0.2, 0.25) is 0 Å². The summed E-state index contributed by atoms with van der Waals surface area (Å²) in [5, 5.41) is 2.86. The van der Waals surface area contributed by atoms with E-state index >= 15 is 0 Å². The summed E-state index contributed by atoms with van der Waals surface area (Å²) in [4.78, 5) is 12.5. The van der Waals surface area contributed by atoms with E-state index in [-0.39, 0.29) is 5.91 Å². The molecule has 0 aliphatic rings. The number of nitrogens with one attached hydrogen (secondary N) is 1. The fourth-order valence-corrected chi connectivity index (χ4v) is 2.18. The number of benzene rings is 2. The highest BCUT2D eigenvalue weighted by atomic mass is 16.5. The molecule has 0 aromatic heterocycles. The Balaban J connectivity index is 2.10. The van der Waals surface area contributed by atoms with Crippen molar-refractivity contribution in [1.29, 1.82) is 0 Å². The molecule has 1 amide bonds. The Hall–Kier alpha value is -2.69. The lowest BCUT2D eigenvalue weighted by Crippen LogP contribution is -2.13. The van der Waals surface area contributed by atoms with E-state index in [9.17, 15) is 4.79 Å². The predicted octanol–water partition coefficient (Wildman–Crippen LogP) is 4.14. The molecule has 5 nitrogen and oxygen atoms in total. The minimum atomic E-state index is -0.250. The van der Waals surface area contributed by atoms with Crippen LogP contribution in [0, 0.1) is 0 Å². The molecule has 0 aliphatic heterocycles. The number of methoxy groups -OCH3 is 2. The van der Waals surface area contributed by atoms with Crippen LogP contribution in [0.2, 0.25) is 0 Å². The topological polar surface area (TPSA) is 56.8 Å². The summed E-state index contributed by atoms with van der Waals surface area (Å²) in [7, 11) is 3.09. The van der Waals surface area contributed by atoms with Crippen molar-refractivity contribution in [3.63, 3.8) is 0 Å². The van der Waals surface area contributed by atoms with Crippen molar-refractivity contribution in [2.24, 2.45) is 0 Å². The first-order valence-corrected chi connectivity index (χ1v) is 7.94. The van der Waals surface area contributed by atoms with Gasteiger partial charge in [0.15, 0.2) is 0 Å². The SMILES string of the molecule is CCCCOc1cccc(NC(=O)c2ccc(OC)cc2OC)c1. The Bertz CT molecular complexity index is 685. The Morgan fingerprint density at radius 2 is 1.88 bits per heavy atom. The van der Waals surface area contributed by atoms with Crippen LogP contribution in [0.3, 0.4) is 0 Å². The molecule has 2 rings (SSSR count). The average molecular weight is 329 g/mol. The van der Waals surface area contributed by atoms with Crippen molar-refractivity contribution < 1.29 is 19.0 Å². The molecule has 0 fully saturated rings. The van der Waals surface area contributed by atoms with Crippen LogP contribution in [0.15, 0.2) is 42.5 Å². The van der Waals surface area contributed by atoms with Gasteiger partial charge in [-0.15, -0.1) is 0 Å². The molecule has 0 spiro atoms. The number of hydrogen-bond donors (Lipinski definition) is 1. The van der Waals surface area contributed by atoms with Crippen molar-refractivity contribution in [2.45, 2.75) is 19.8 Å². The lowest BCUT2D eigenvalue weighted by molar-refractivity contribution is 0.102. The third-order valence-electron chi connectivity index (χ3n) is 3.51. The number of carbonyl (C=O) groups is 1. The number of unbranched alkanes of at least 4 members (excludes halogenated alkanes) is 1. The summed E-state index contributed by atoms with van der Waals surface area (Å²) in [6, 6.07) is 12.4. The fraction of sp³-hybridized carbons (Fsp3) is 0.316. The molecule has 2 aromatic rings. The molecule has 2 aromatic carbocycles. The Morgan fingerprint density at radius 3 is 2.58 bits per heavy atom. The molecule has 0 atom stereocenters. The highest BCUT2D eigenvalue weighted by molar-refractivity contribution is 6.06. The van der Waals surface area contributed by atoms with E-state index in [2.05, 4.69) is 12.2 Å². The van der Waals surface area contributed by atoms with Crippen molar-refractivity contribution >= 4 is 11.6 Å². The minimum Gasteiger partial charge on any atom is -0.497 e. The second kappa shape index (κ2) is 8.82. The number of ether oxygens (including phenoxy) is 3. The number of rotatable bonds is 8. The number of anilines is 1. The number of carbonyl (C=O) groups excluding carboxylic acids is 1. The molecule has 0 heterocycles. The van der Waals surface area contributed by atoms with Gasteiger partial charge < -0.3 is 19.5 Å². The molecule has 0 aliphatic carbocycles. The van der Waals surface area contributed by atoms with Crippen LogP contribution in [0.1, 0.15) is 30.1 Å². The van der Waals surface area contributed by atoms with Crippen molar-refractivity contribution in [3.05, 3.63) is 48.0 Å². The minimum absolute atomic E-state index is 0.250. The highest BCUT2D eigenvalue weighted by Crippen LogP contribution is 2.26. The Labute approximate surface area is 142 Å². The van der Waals surface area contributed by atoms with Gasteiger partial charge in [0.25, 0.3) is 5.91 Å². The van der Waals surface area contributed by atoms with Crippen LogP contribution in [0.25, 0.3) is 0 Å². The van der Waals surface area contributed by atoms with Gasteiger partial charge in [-0.1, -0.05) is 19.4 Å². The fourth-order valence-electron chi connectivity index (χ4n) is 2.18. The standard InChI is InChI=1S/C19H23NO4/c1-4-5-11-24-16-8-6-7-14(12-16)20-19(21)17-10-9-15(22-2)13-18(17)23-3/h6-10,12-13H,4-5,11H2,1-3H3,(H,20,21). The van der Waals surface area contributed by atoms with Gasteiger partial charge in [-0.2, -0.15) is 0 Å². The number of amides is 1. The third kappa shape index (κ3) is 4.65. The van der Waals surface area contributed by atoms with E-state index in [0.29, 0.717) is 29.4 Å².